The van der Waals surface area contributed by atoms with Crippen molar-refractivity contribution in [2.45, 2.75) is 56.5 Å². The van der Waals surface area contributed by atoms with Gasteiger partial charge in [0.25, 0.3) is 5.56 Å². The molecule has 0 aliphatic heterocycles. The first-order valence-corrected chi connectivity index (χ1v) is 15.6. The summed E-state index contributed by atoms with van der Waals surface area (Å²) in [4.78, 5) is 26.1. The maximum atomic E-state index is 16.6. The van der Waals surface area contributed by atoms with Crippen LogP contribution in [0, 0.1) is 17.7 Å². The predicted octanol–water partition coefficient (Wildman–Crippen LogP) is 3.96. The third kappa shape index (κ3) is 7.23. The molecule has 0 spiro atoms. The third-order valence-corrected chi connectivity index (χ3v) is 9.37. The second-order valence-corrected chi connectivity index (χ2v) is 14.2. The Bertz CT molecular complexity index is 1480. The van der Waals surface area contributed by atoms with Crippen LogP contribution in [0.4, 0.5) is 8.78 Å². The Balaban J connectivity index is 1.78. The second-order valence-electron chi connectivity index (χ2n) is 11.5. The van der Waals surface area contributed by atoms with E-state index in [1.165, 1.54) is 28.8 Å². The zero-order valence-electron chi connectivity index (χ0n) is 23.3. The maximum absolute atomic E-state index is 16.6. The van der Waals surface area contributed by atoms with Gasteiger partial charge in [-0.05, 0) is 87.4 Å². The van der Waals surface area contributed by atoms with Crippen LogP contribution in [0.25, 0.3) is 5.57 Å². The number of carbonyl (C=O) groups is 1. The molecule has 1 heterocycles. The van der Waals surface area contributed by atoms with Crippen molar-refractivity contribution in [3.05, 3.63) is 87.6 Å². The lowest BCUT2D eigenvalue weighted by molar-refractivity contribution is 0.0687. The third-order valence-electron chi connectivity index (χ3n) is 7.35. The van der Waals surface area contributed by atoms with Crippen LogP contribution >= 0.6 is 0 Å². The second kappa shape index (κ2) is 12.3. The number of Topliss-reactive ketones (excluding diaryl/α,β-unsaturated/α-hetero) is 1. The average Bonchev–Trinajstić information content (AvgIpc) is 3.74. The van der Waals surface area contributed by atoms with E-state index in [-0.39, 0.29) is 30.0 Å². The molecule has 0 saturated heterocycles. The highest BCUT2D eigenvalue weighted by Gasteiger charge is 2.45. The molecule has 2 aliphatic rings. The lowest BCUT2D eigenvalue weighted by Gasteiger charge is -2.33. The van der Waals surface area contributed by atoms with Crippen molar-refractivity contribution in [2.24, 2.45) is 18.9 Å². The van der Waals surface area contributed by atoms with Gasteiger partial charge in [0, 0.05) is 60.2 Å². The molecule has 1 fully saturated rings. The van der Waals surface area contributed by atoms with Crippen molar-refractivity contribution in [3.8, 4) is 0 Å². The van der Waals surface area contributed by atoms with Crippen LogP contribution in [0.3, 0.4) is 0 Å². The minimum Gasteiger partial charge on any atom is -0.760 e. The van der Waals surface area contributed by atoms with Gasteiger partial charge in [-0.2, -0.15) is 0 Å². The molecular weight excluding hydrogens is 572 g/mol. The lowest BCUT2D eigenvalue weighted by atomic mass is 9.75. The summed E-state index contributed by atoms with van der Waals surface area (Å²) in [5.41, 5.74) is -1.04. The van der Waals surface area contributed by atoms with E-state index in [1.54, 1.807) is 19.3 Å². The molecule has 0 bridgehead atoms. The van der Waals surface area contributed by atoms with Gasteiger partial charge in [0.15, 0.2) is 5.67 Å². The van der Waals surface area contributed by atoms with Crippen molar-refractivity contribution in [1.82, 2.24) is 14.0 Å². The number of halogens is 2. The summed E-state index contributed by atoms with van der Waals surface area (Å²) >= 11 is -2.58. The van der Waals surface area contributed by atoms with E-state index < -0.39 is 56.2 Å². The Kier molecular flexibility index (Phi) is 9.39. The smallest absolute Gasteiger partial charge is 0.250 e. The van der Waals surface area contributed by atoms with E-state index in [0.29, 0.717) is 16.7 Å². The molecule has 0 amide bonds. The summed E-state index contributed by atoms with van der Waals surface area (Å²) in [5, 5.41) is 0. The van der Waals surface area contributed by atoms with Gasteiger partial charge in [0.2, 0.25) is 5.78 Å². The molecule has 0 radical (unpaired) electrons. The van der Waals surface area contributed by atoms with E-state index in [4.69, 9.17) is 0 Å². The first-order chi connectivity index (χ1) is 19.2. The number of hydrogen-bond donors (Lipinski definition) is 2. The standard InChI is InChI=1S/C29H35F2N3O5S2/c1-28(2,3)40(37)33-26(18-5-6-18)23-16-25(35)34(4)17-24(23)20-11-13-29(31,21(15-20)12-14-32-41(38)39)27(36)19-7-9-22(30)10-8-19/h7-11,13,15-18,21,26,32-33H,5-6,12,14H2,1-4H3,(H,38,39)/p-1/t21?,26-,29?,40-/m0/s1. The minimum atomic E-state index is -2.58. The van der Waals surface area contributed by atoms with Crippen molar-refractivity contribution in [1.29, 1.82) is 0 Å². The van der Waals surface area contributed by atoms with E-state index in [1.807, 2.05) is 20.8 Å². The Morgan fingerprint density at radius 2 is 1.88 bits per heavy atom. The summed E-state index contributed by atoms with van der Waals surface area (Å²) < 4.78 is 71.6. The number of carbonyl (C=O) groups excluding carboxylic acids is 1. The molecule has 5 atom stereocenters. The topological polar surface area (TPSA) is 120 Å². The van der Waals surface area contributed by atoms with E-state index in [0.717, 1.165) is 31.1 Å². The van der Waals surface area contributed by atoms with E-state index in [9.17, 15) is 27.0 Å². The van der Waals surface area contributed by atoms with Crippen LogP contribution in [0.5, 0.6) is 0 Å². The normalized spacial score (nSPS) is 23.1. The SMILES string of the molecule is Cn1cc(C2=CC(CCNS(=O)[O-])C(F)(C(=O)c3ccc(F)cc3)C=C2)c([C@@H](N[S@@](=O)C(C)(C)C)C2CC2)cc1=O. The molecule has 1 aromatic heterocycles. The lowest BCUT2D eigenvalue weighted by Crippen LogP contribution is -2.42. The molecule has 222 valence electrons. The first-order valence-electron chi connectivity index (χ1n) is 13.3. The van der Waals surface area contributed by atoms with Crippen molar-refractivity contribution in [3.63, 3.8) is 0 Å². The van der Waals surface area contributed by atoms with Gasteiger partial charge in [-0.3, -0.25) is 13.8 Å². The largest absolute Gasteiger partial charge is 0.760 e. The zero-order valence-corrected chi connectivity index (χ0v) is 25.0. The van der Waals surface area contributed by atoms with Gasteiger partial charge in [-0.15, -0.1) is 0 Å². The van der Waals surface area contributed by atoms with Crippen molar-refractivity contribution in [2.75, 3.05) is 6.54 Å². The number of aryl methyl sites for hydroxylation is 1. The van der Waals surface area contributed by atoms with Crippen LogP contribution in [0.2, 0.25) is 0 Å². The summed E-state index contributed by atoms with van der Waals surface area (Å²) in [5.74, 6) is -2.37. The van der Waals surface area contributed by atoms with Crippen LogP contribution < -0.4 is 15.0 Å². The number of nitrogens with zero attached hydrogens (tertiary/aromatic N) is 1. The number of ketones is 1. The number of alkyl halides is 1. The quantitative estimate of drug-likeness (QED) is 0.296. The fourth-order valence-electron chi connectivity index (χ4n) is 4.84. The Hall–Kier alpha value is -2.64. The van der Waals surface area contributed by atoms with Crippen LogP contribution in [-0.2, 0) is 29.3 Å². The number of rotatable bonds is 11. The number of hydrogen-bond acceptors (Lipinski definition) is 5. The highest BCUT2D eigenvalue weighted by molar-refractivity contribution is 7.84. The molecule has 4 rings (SSSR count). The molecule has 2 N–H and O–H groups in total. The number of pyridine rings is 1. The number of benzene rings is 1. The summed E-state index contributed by atoms with van der Waals surface area (Å²) in [6, 6.07) is 5.67. The number of aromatic nitrogens is 1. The Morgan fingerprint density at radius 1 is 1.22 bits per heavy atom. The molecule has 3 unspecified atom stereocenters. The minimum absolute atomic E-state index is 0.0220. The molecule has 2 aromatic rings. The van der Waals surface area contributed by atoms with Gasteiger partial charge in [-0.25, -0.2) is 22.4 Å². The average molecular weight is 607 g/mol. The molecule has 2 aliphatic carbocycles. The van der Waals surface area contributed by atoms with Crippen LogP contribution in [-0.4, -0.2) is 40.3 Å². The molecule has 8 nitrogen and oxygen atoms in total. The van der Waals surface area contributed by atoms with Gasteiger partial charge < -0.3 is 9.12 Å². The first kappa shape index (κ1) is 31.3. The number of allylic oxidation sites excluding steroid dienone is 4. The van der Waals surface area contributed by atoms with Crippen LogP contribution in [0.1, 0.15) is 67.6 Å². The van der Waals surface area contributed by atoms with Gasteiger partial charge in [0.1, 0.15) is 5.82 Å². The molecular formula is C29H34F2N3O5S2-. The van der Waals surface area contributed by atoms with Gasteiger partial charge in [-0.1, -0.05) is 12.2 Å². The van der Waals surface area contributed by atoms with Gasteiger partial charge >= 0.3 is 0 Å². The van der Waals surface area contributed by atoms with Gasteiger partial charge in [0.05, 0.1) is 15.7 Å². The Morgan fingerprint density at radius 3 is 2.46 bits per heavy atom. The molecule has 41 heavy (non-hydrogen) atoms. The highest BCUT2D eigenvalue weighted by atomic mass is 32.2. The van der Waals surface area contributed by atoms with Crippen molar-refractivity contribution >= 4 is 33.6 Å². The highest BCUT2D eigenvalue weighted by Crippen LogP contribution is 2.45. The maximum Gasteiger partial charge on any atom is 0.250 e. The van der Waals surface area contributed by atoms with Crippen molar-refractivity contribution < 1.29 is 26.5 Å². The fraction of sp³-hybridized carbons (Fsp3) is 0.448. The summed E-state index contributed by atoms with van der Waals surface area (Å²) in [6.07, 6.45) is 7.57. The summed E-state index contributed by atoms with van der Waals surface area (Å²) in [6.45, 7) is 5.43. The zero-order chi connectivity index (χ0) is 30.1. The van der Waals surface area contributed by atoms with E-state index >= 15 is 4.39 Å². The molecule has 1 aromatic carbocycles. The predicted molar refractivity (Wildman–Crippen MR) is 155 cm³/mol. The fourth-order valence-corrected chi connectivity index (χ4v) is 6.03. The Labute approximate surface area is 243 Å². The molecule has 12 heteroatoms. The summed E-state index contributed by atoms with van der Waals surface area (Å²) in [7, 11) is 0.170. The number of nitrogens with one attached hydrogen (secondary N) is 2. The molecule has 1 saturated carbocycles. The monoisotopic (exact) mass is 606 g/mol. The van der Waals surface area contributed by atoms with E-state index in [2.05, 4.69) is 9.44 Å². The van der Waals surface area contributed by atoms with Crippen LogP contribution in [0.15, 0.2) is 59.6 Å².